The van der Waals surface area contributed by atoms with Gasteiger partial charge in [0, 0.05) is 5.92 Å². The van der Waals surface area contributed by atoms with Crippen LogP contribution in [0.15, 0.2) is 11.8 Å². The highest BCUT2D eigenvalue weighted by Gasteiger charge is 2.16. The summed E-state index contributed by atoms with van der Waals surface area (Å²) in [6.07, 6.45) is 15.8. The van der Waals surface area contributed by atoms with Crippen LogP contribution in [0.2, 0.25) is 0 Å². The smallest absolute Gasteiger partial charge is 0.313 e. The second-order valence-corrected chi connectivity index (χ2v) is 8.77. The third kappa shape index (κ3) is 24.3. The Kier molecular flexibility index (Phi) is 21.5. The zero-order valence-electron chi connectivity index (χ0n) is 19.9. The van der Waals surface area contributed by atoms with E-state index in [1.165, 1.54) is 45.6 Å². The molecule has 1 fully saturated rings. The largest absolute Gasteiger partial charge is 0.466 e. The summed E-state index contributed by atoms with van der Waals surface area (Å²) in [5.74, 6) is 0.483. The van der Waals surface area contributed by atoms with Gasteiger partial charge in [-0.3, -0.25) is 0 Å². The van der Waals surface area contributed by atoms with E-state index < -0.39 is 7.82 Å². The molecule has 1 rings (SSSR count). The Morgan fingerprint density at radius 1 is 0.970 bits per heavy atom. The Bertz CT molecular complexity index is 499. The number of unbranched alkanes of at least 4 members (excludes halogenated alkanes) is 6. The monoisotopic (exact) mass is 504 g/mol. The lowest BCUT2D eigenvalue weighted by Crippen LogP contribution is -2.17. The first kappa shape index (κ1) is 32.4. The van der Waals surface area contributed by atoms with Crippen molar-refractivity contribution in [3.63, 3.8) is 0 Å². The fraction of sp³-hybridized carbons (Fsp3) is 0.900. The van der Waals surface area contributed by atoms with Crippen molar-refractivity contribution in [2.75, 3.05) is 13.7 Å². The van der Waals surface area contributed by atoms with Crippen LogP contribution < -0.4 is 0 Å². The summed E-state index contributed by atoms with van der Waals surface area (Å²) in [5.41, 5.74) is 0. The van der Waals surface area contributed by atoms with E-state index in [0.29, 0.717) is 5.76 Å². The summed E-state index contributed by atoms with van der Waals surface area (Å²) < 4.78 is 8.88. The molecule has 0 aliphatic heterocycles. The van der Waals surface area contributed by atoms with E-state index in [4.69, 9.17) is 33.9 Å². The van der Waals surface area contributed by atoms with Gasteiger partial charge in [0.25, 0.3) is 0 Å². The molecule has 0 aromatic carbocycles. The number of hydrogen-bond acceptors (Lipinski definition) is 9. The molecule has 0 aromatic heterocycles. The van der Waals surface area contributed by atoms with Crippen LogP contribution >= 0.6 is 7.82 Å². The lowest BCUT2D eigenvalue weighted by molar-refractivity contribution is -0.714. The summed E-state index contributed by atoms with van der Waals surface area (Å²) in [6.45, 7) is 4.31. The standard InChI is InChI=1S/C20H38O8.H3O4P/c1-4-5-6-7-8-9-13-16-20(24-25-21-3)18(2)17-22-26-28-27-23-19-14-11-10-12-15-19;1-5(2,3)4/h16,18-19H,4-15,17H2,1-3H3;(H3,1,2,3,4). The molecule has 13 heteroatoms. The Labute approximate surface area is 195 Å². The Morgan fingerprint density at radius 3 is 2.24 bits per heavy atom. The predicted octanol–water partition coefficient (Wildman–Crippen LogP) is 4.91. The van der Waals surface area contributed by atoms with Crippen LogP contribution in [-0.4, -0.2) is 34.5 Å². The van der Waals surface area contributed by atoms with Crippen molar-refractivity contribution in [2.45, 2.75) is 97.0 Å². The van der Waals surface area contributed by atoms with E-state index in [2.05, 4.69) is 32.0 Å². The molecule has 0 amide bonds. The fourth-order valence-electron chi connectivity index (χ4n) is 3.04. The second-order valence-electron chi connectivity index (χ2n) is 7.74. The quantitative estimate of drug-likeness (QED) is 0.0764. The van der Waals surface area contributed by atoms with Gasteiger partial charge in [-0.15, -0.1) is 0 Å². The molecule has 12 nitrogen and oxygen atoms in total. The van der Waals surface area contributed by atoms with Gasteiger partial charge in [0.2, 0.25) is 0 Å². The molecule has 0 heterocycles. The minimum Gasteiger partial charge on any atom is -0.313 e. The van der Waals surface area contributed by atoms with Gasteiger partial charge < -0.3 is 19.6 Å². The van der Waals surface area contributed by atoms with E-state index in [0.717, 1.165) is 38.5 Å². The van der Waals surface area contributed by atoms with Crippen LogP contribution in [0, 0.1) is 5.92 Å². The molecule has 1 aliphatic rings. The molecule has 1 aliphatic carbocycles. The molecule has 3 N–H and O–H groups in total. The SMILES string of the molecule is CCCCCCCCC=C(OOOC)C(C)COOOOOC1CCCCC1.O=P(O)(O)O. The molecule has 198 valence electrons. The zero-order chi connectivity index (χ0) is 24.8. The van der Waals surface area contributed by atoms with Crippen molar-refractivity contribution < 1.29 is 58.9 Å². The third-order valence-electron chi connectivity index (χ3n) is 4.74. The van der Waals surface area contributed by atoms with Gasteiger partial charge in [0.05, 0.1) is 19.8 Å². The summed E-state index contributed by atoms with van der Waals surface area (Å²) >= 11 is 0. The van der Waals surface area contributed by atoms with Crippen molar-refractivity contribution in [3.8, 4) is 0 Å². The lowest BCUT2D eigenvalue weighted by Gasteiger charge is -2.18. The van der Waals surface area contributed by atoms with Gasteiger partial charge in [-0.25, -0.2) is 14.3 Å². The zero-order valence-corrected chi connectivity index (χ0v) is 20.8. The molecule has 0 spiro atoms. The molecule has 1 atom stereocenters. The summed E-state index contributed by atoms with van der Waals surface area (Å²) in [5, 5.41) is 18.1. The fourth-order valence-corrected chi connectivity index (χ4v) is 3.04. The Morgan fingerprint density at radius 2 is 1.61 bits per heavy atom. The highest BCUT2D eigenvalue weighted by Crippen LogP contribution is 2.26. The van der Waals surface area contributed by atoms with Crippen LogP contribution in [0.4, 0.5) is 0 Å². The van der Waals surface area contributed by atoms with Gasteiger partial charge in [0.1, 0.15) is 5.76 Å². The van der Waals surface area contributed by atoms with Crippen molar-refractivity contribution >= 4 is 7.82 Å². The Hall–Kier alpha value is -0.630. The van der Waals surface area contributed by atoms with Gasteiger partial charge >= 0.3 is 7.82 Å². The van der Waals surface area contributed by atoms with Crippen molar-refractivity contribution in [3.05, 3.63) is 11.8 Å². The number of hydrogen-bond donors (Lipinski definition) is 3. The lowest BCUT2D eigenvalue weighted by atomic mass is 9.98. The maximum absolute atomic E-state index is 8.88. The summed E-state index contributed by atoms with van der Waals surface area (Å²) in [6, 6.07) is 0. The maximum atomic E-state index is 8.88. The summed E-state index contributed by atoms with van der Waals surface area (Å²) in [4.78, 5) is 41.3. The van der Waals surface area contributed by atoms with Crippen molar-refractivity contribution in [1.82, 2.24) is 0 Å². The normalized spacial score (nSPS) is 16.2. The van der Waals surface area contributed by atoms with Gasteiger partial charge in [-0.1, -0.05) is 65.2 Å². The van der Waals surface area contributed by atoms with Gasteiger partial charge in [-0.05, 0) is 51.9 Å². The van der Waals surface area contributed by atoms with Crippen molar-refractivity contribution in [2.24, 2.45) is 5.92 Å². The first-order valence-corrected chi connectivity index (χ1v) is 13.0. The highest BCUT2D eigenvalue weighted by atomic mass is 31.2. The minimum absolute atomic E-state index is 0.0485. The predicted molar refractivity (Wildman–Crippen MR) is 116 cm³/mol. The molecule has 0 bridgehead atoms. The van der Waals surface area contributed by atoms with E-state index in [1.807, 2.05) is 13.0 Å². The van der Waals surface area contributed by atoms with Crippen LogP contribution in [0.3, 0.4) is 0 Å². The minimum atomic E-state index is -4.64. The first-order valence-electron chi connectivity index (χ1n) is 11.4. The van der Waals surface area contributed by atoms with Gasteiger partial charge in [-0.2, -0.15) is 4.89 Å². The van der Waals surface area contributed by atoms with Crippen LogP contribution in [0.1, 0.15) is 90.9 Å². The highest BCUT2D eigenvalue weighted by molar-refractivity contribution is 7.45. The first-order chi connectivity index (χ1) is 15.8. The van der Waals surface area contributed by atoms with E-state index in [1.54, 1.807) is 0 Å². The molecular weight excluding hydrogens is 463 g/mol. The Balaban J connectivity index is 0.00000184. The number of allylic oxidation sites excluding steroid dienone is 1. The molecule has 1 saturated carbocycles. The maximum Gasteiger partial charge on any atom is 0.466 e. The average molecular weight is 505 g/mol. The second kappa shape index (κ2) is 21.9. The van der Waals surface area contributed by atoms with Crippen molar-refractivity contribution in [1.29, 1.82) is 0 Å². The van der Waals surface area contributed by atoms with Crippen LogP contribution in [0.5, 0.6) is 0 Å². The third-order valence-corrected chi connectivity index (χ3v) is 4.74. The van der Waals surface area contributed by atoms with Crippen LogP contribution in [-0.2, 0) is 44.3 Å². The van der Waals surface area contributed by atoms with E-state index >= 15 is 0 Å². The average Bonchev–Trinajstić information content (AvgIpc) is 2.77. The molecule has 1 unspecified atom stereocenters. The number of phosphoric acid groups is 1. The molecule has 33 heavy (non-hydrogen) atoms. The topological polar surface area (TPSA) is 152 Å². The van der Waals surface area contributed by atoms with Gasteiger partial charge in [0.15, 0.2) is 0 Å². The van der Waals surface area contributed by atoms with Crippen LogP contribution in [0.25, 0.3) is 0 Å². The van der Waals surface area contributed by atoms with E-state index in [-0.39, 0.29) is 18.6 Å². The molecule has 0 saturated heterocycles. The molecular formula is C20H41O12P. The number of rotatable bonds is 18. The van der Waals surface area contributed by atoms with E-state index in [9.17, 15) is 0 Å². The molecule has 0 radical (unpaired) electrons. The molecule has 0 aromatic rings. The summed E-state index contributed by atoms with van der Waals surface area (Å²) in [7, 11) is -3.26.